The molecule has 196 valence electrons. The maximum absolute atomic E-state index is 13.6. The SMILES string of the molecule is CC(C)(C)NS(=O)(=O)c1ccc(NC(=O)[C@H](CC2CCCCC2)NC(=O)c2ccc(F)c(F)c2)cc1. The summed E-state index contributed by atoms with van der Waals surface area (Å²) in [6.45, 7) is 5.21. The van der Waals surface area contributed by atoms with E-state index in [1.807, 2.05) is 0 Å². The molecule has 2 amide bonds. The third-order valence-corrected chi connectivity index (χ3v) is 7.74. The first-order valence-corrected chi connectivity index (χ1v) is 13.5. The van der Waals surface area contributed by atoms with E-state index in [-0.39, 0.29) is 16.4 Å². The van der Waals surface area contributed by atoms with Gasteiger partial charge in [-0.1, -0.05) is 32.1 Å². The van der Waals surface area contributed by atoms with Crippen LogP contribution in [0.5, 0.6) is 0 Å². The van der Waals surface area contributed by atoms with Gasteiger partial charge in [-0.05, 0) is 75.6 Å². The zero-order valence-corrected chi connectivity index (χ0v) is 21.6. The highest BCUT2D eigenvalue weighted by molar-refractivity contribution is 7.89. The monoisotopic (exact) mass is 521 g/mol. The van der Waals surface area contributed by atoms with Crippen LogP contribution in [0.15, 0.2) is 47.4 Å². The summed E-state index contributed by atoms with van der Waals surface area (Å²) in [5.41, 5.74) is -0.370. The van der Waals surface area contributed by atoms with Crippen LogP contribution in [0.1, 0.15) is 69.7 Å². The van der Waals surface area contributed by atoms with Gasteiger partial charge in [-0.25, -0.2) is 21.9 Å². The Kier molecular flexibility index (Phi) is 8.84. The molecule has 2 aromatic carbocycles. The Hall–Kier alpha value is -2.85. The van der Waals surface area contributed by atoms with Gasteiger partial charge < -0.3 is 10.6 Å². The van der Waals surface area contributed by atoms with Crippen LogP contribution in [0.4, 0.5) is 14.5 Å². The molecule has 0 unspecified atom stereocenters. The molecule has 1 aliphatic carbocycles. The first-order valence-electron chi connectivity index (χ1n) is 12.0. The number of hydrogen-bond donors (Lipinski definition) is 3. The molecule has 7 nitrogen and oxygen atoms in total. The van der Waals surface area contributed by atoms with Crippen molar-refractivity contribution in [1.82, 2.24) is 10.0 Å². The van der Waals surface area contributed by atoms with Crippen molar-refractivity contribution in [2.24, 2.45) is 5.92 Å². The van der Waals surface area contributed by atoms with Crippen LogP contribution < -0.4 is 15.4 Å². The lowest BCUT2D eigenvalue weighted by Gasteiger charge is -2.26. The number of amides is 2. The molecule has 0 aliphatic heterocycles. The first-order chi connectivity index (χ1) is 16.8. The van der Waals surface area contributed by atoms with Crippen LogP contribution >= 0.6 is 0 Å². The van der Waals surface area contributed by atoms with Gasteiger partial charge in [0.25, 0.3) is 5.91 Å². The van der Waals surface area contributed by atoms with Gasteiger partial charge in [0, 0.05) is 16.8 Å². The molecule has 0 saturated heterocycles. The summed E-state index contributed by atoms with van der Waals surface area (Å²) in [5, 5.41) is 5.40. The fourth-order valence-electron chi connectivity index (χ4n) is 4.28. The second-order valence-corrected chi connectivity index (χ2v) is 11.9. The average molecular weight is 522 g/mol. The molecule has 0 heterocycles. The molecule has 1 fully saturated rings. The van der Waals surface area contributed by atoms with Gasteiger partial charge >= 0.3 is 0 Å². The van der Waals surface area contributed by atoms with Crippen molar-refractivity contribution < 1.29 is 26.8 Å². The Morgan fingerprint density at radius 3 is 2.19 bits per heavy atom. The smallest absolute Gasteiger partial charge is 0.252 e. The summed E-state index contributed by atoms with van der Waals surface area (Å²) >= 11 is 0. The number of sulfonamides is 1. The van der Waals surface area contributed by atoms with Gasteiger partial charge in [0.05, 0.1) is 4.90 Å². The van der Waals surface area contributed by atoms with E-state index in [0.717, 1.165) is 50.3 Å². The summed E-state index contributed by atoms with van der Waals surface area (Å²) in [7, 11) is -3.73. The van der Waals surface area contributed by atoms with Gasteiger partial charge in [-0.3, -0.25) is 9.59 Å². The Balaban J connectivity index is 1.74. The van der Waals surface area contributed by atoms with Gasteiger partial charge in [0.1, 0.15) is 6.04 Å². The van der Waals surface area contributed by atoms with Crippen molar-refractivity contribution >= 4 is 27.5 Å². The summed E-state index contributed by atoms with van der Waals surface area (Å²) < 4.78 is 54.5. The molecule has 1 saturated carbocycles. The summed E-state index contributed by atoms with van der Waals surface area (Å²) in [4.78, 5) is 25.9. The van der Waals surface area contributed by atoms with E-state index in [1.54, 1.807) is 20.8 Å². The summed E-state index contributed by atoms with van der Waals surface area (Å²) in [6.07, 6.45) is 5.52. The van der Waals surface area contributed by atoms with Crippen LogP contribution in [0, 0.1) is 17.6 Å². The normalized spacial score (nSPS) is 15.8. The minimum absolute atomic E-state index is 0.0563. The van der Waals surface area contributed by atoms with Gasteiger partial charge in [-0.2, -0.15) is 0 Å². The topological polar surface area (TPSA) is 104 Å². The predicted molar refractivity (Wildman–Crippen MR) is 134 cm³/mol. The zero-order chi connectivity index (χ0) is 26.5. The van der Waals surface area contributed by atoms with Crippen molar-refractivity contribution in [3.63, 3.8) is 0 Å². The van der Waals surface area contributed by atoms with Crippen LogP contribution in [0.2, 0.25) is 0 Å². The number of rotatable bonds is 8. The van der Waals surface area contributed by atoms with Gasteiger partial charge in [-0.15, -0.1) is 0 Å². The van der Waals surface area contributed by atoms with E-state index >= 15 is 0 Å². The molecule has 2 aromatic rings. The molecule has 3 N–H and O–H groups in total. The van der Waals surface area contributed by atoms with Crippen molar-refractivity contribution in [2.75, 3.05) is 5.32 Å². The average Bonchev–Trinajstić information content (AvgIpc) is 2.80. The Bertz CT molecular complexity index is 1190. The molecule has 0 bridgehead atoms. The highest BCUT2D eigenvalue weighted by Gasteiger charge is 2.27. The second kappa shape index (κ2) is 11.5. The third-order valence-electron chi connectivity index (χ3n) is 5.97. The molecule has 1 aliphatic rings. The quantitative estimate of drug-likeness (QED) is 0.466. The third kappa shape index (κ3) is 7.83. The van der Waals surface area contributed by atoms with Gasteiger partial charge in [0.15, 0.2) is 11.6 Å². The van der Waals surface area contributed by atoms with Gasteiger partial charge in [0.2, 0.25) is 15.9 Å². The van der Waals surface area contributed by atoms with Crippen molar-refractivity contribution in [3.05, 3.63) is 59.7 Å². The number of hydrogen-bond acceptors (Lipinski definition) is 4. The Morgan fingerprint density at radius 1 is 0.972 bits per heavy atom. The molecular weight excluding hydrogens is 488 g/mol. The van der Waals surface area contributed by atoms with E-state index in [1.165, 1.54) is 24.3 Å². The van der Waals surface area contributed by atoms with E-state index < -0.39 is 45.1 Å². The van der Waals surface area contributed by atoms with Crippen molar-refractivity contribution in [2.45, 2.75) is 75.8 Å². The van der Waals surface area contributed by atoms with Crippen LogP contribution in [0.25, 0.3) is 0 Å². The lowest BCUT2D eigenvalue weighted by molar-refractivity contribution is -0.118. The molecular formula is C26H33F2N3O4S. The minimum Gasteiger partial charge on any atom is -0.340 e. The Labute approximate surface area is 211 Å². The maximum Gasteiger partial charge on any atom is 0.252 e. The van der Waals surface area contributed by atoms with Crippen molar-refractivity contribution in [1.29, 1.82) is 0 Å². The zero-order valence-electron chi connectivity index (χ0n) is 20.7. The number of benzene rings is 2. The highest BCUT2D eigenvalue weighted by atomic mass is 32.2. The lowest BCUT2D eigenvalue weighted by atomic mass is 9.84. The fraction of sp³-hybridized carbons (Fsp3) is 0.462. The molecule has 1 atom stereocenters. The van der Waals surface area contributed by atoms with E-state index in [0.29, 0.717) is 12.1 Å². The van der Waals surface area contributed by atoms with Crippen LogP contribution in [0.3, 0.4) is 0 Å². The van der Waals surface area contributed by atoms with Crippen LogP contribution in [-0.2, 0) is 14.8 Å². The van der Waals surface area contributed by atoms with Crippen molar-refractivity contribution in [3.8, 4) is 0 Å². The predicted octanol–water partition coefficient (Wildman–Crippen LogP) is 4.75. The van der Waals surface area contributed by atoms with Crippen LogP contribution in [-0.4, -0.2) is 31.8 Å². The number of anilines is 1. The summed E-state index contributed by atoms with van der Waals surface area (Å²) in [6, 6.07) is 7.65. The van der Waals surface area contributed by atoms with E-state index in [9.17, 15) is 26.8 Å². The number of carbonyl (C=O) groups is 2. The second-order valence-electron chi connectivity index (χ2n) is 10.3. The fourth-order valence-corrected chi connectivity index (χ4v) is 5.69. The summed E-state index contributed by atoms with van der Waals surface area (Å²) in [5.74, 6) is -3.12. The molecule has 3 rings (SSSR count). The number of nitrogens with one attached hydrogen (secondary N) is 3. The highest BCUT2D eigenvalue weighted by Crippen LogP contribution is 2.28. The standard InChI is InChI=1S/C26H33F2N3O4S/c1-26(2,3)31-36(34,35)20-12-10-19(11-13-20)29-25(33)23(15-17-7-5-4-6-8-17)30-24(32)18-9-14-21(27)22(28)16-18/h9-14,16-17,23,31H,4-8,15H2,1-3H3,(H,29,33)(H,30,32)/t23-/m0/s1. The minimum atomic E-state index is -3.73. The number of carbonyl (C=O) groups excluding carboxylic acids is 2. The molecule has 10 heteroatoms. The van der Waals surface area contributed by atoms with E-state index in [2.05, 4.69) is 15.4 Å². The maximum atomic E-state index is 13.6. The molecule has 36 heavy (non-hydrogen) atoms. The largest absolute Gasteiger partial charge is 0.340 e. The molecule has 0 radical (unpaired) electrons. The lowest BCUT2D eigenvalue weighted by Crippen LogP contribution is -2.45. The first kappa shape index (κ1) is 27.7. The Morgan fingerprint density at radius 2 is 1.61 bits per heavy atom. The molecule has 0 aromatic heterocycles. The molecule has 0 spiro atoms. The van der Waals surface area contributed by atoms with E-state index in [4.69, 9.17) is 0 Å². The number of halogens is 2.